The van der Waals surface area contributed by atoms with Gasteiger partial charge in [-0.05, 0) is 25.0 Å². The smallest absolute Gasteiger partial charge is 0.244 e. The number of halogens is 1. The van der Waals surface area contributed by atoms with E-state index < -0.39 is 0 Å². The minimum atomic E-state index is -0.294. The summed E-state index contributed by atoms with van der Waals surface area (Å²) in [5, 5.41) is 3.94. The van der Waals surface area contributed by atoms with Crippen LogP contribution in [0.25, 0.3) is 11.4 Å². The Labute approximate surface area is 114 Å². The maximum absolute atomic E-state index is 5.87. The normalized spacial score (nSPS) is 12.4. The fourth-order valence-electron chi connectivity index (χ4n) is 1.52. The molecule has 1 atom stereocenters. The highest BCUT2D eigenvalue weighted by atomic mass is 79.9. The van der Waals surface area contributed by atoms with Crippen molar-refractivity contribution in [2.75, 3.05) is 0 Å². The summed E-state index contributed by atoms with van der Waals surface area (Å²) < 4.78 is 6.17. The zero-order valence-electron chi connectivity index (χ0n) is 10.1. The summed E-state index contributed by atoms with van der Waals surface area (Å²) in [6, 6.07) is 5.62. The molecule has 0 spiro atoms. The average Bonchev–Trinajstić information content (AvgIpc) is 2.82. The zero-order valence-corrected chi connectivity index (χ0v) is 11.6. The molecule has 1 aromatic carbocycles. The van der Waals surface area contributed by atoms with Crippen LogP contribution in [0.4, 0.5) is 0 Å². The first-order valence-corrected chi connectivity index (χ1v) is 6.37. The Bertz CT molecular complexity index is 565. The van der Waals surface area contributed by atoms with Crippen LogP contribution >= 0.6 is 15.9 Å². The Hall–Kier alpha value is -1.46. The Morgan fingerprint density at radius 3 is 3.00 bits per heavy atom. The molecule has 2 N–H and O–H groups in total. The van der Waals surface area contributed by atoms with E-state index in [0.717, 1.165) is 15.6 Å². The lowest BCUT2D eigenvalue weighted by Crippen LogP contribution is -2.09. The Morgan fingerprint density at radius 1 is 1.56 bits per heavy atom. The number of rotatable bonds is 4. The van der Waals surface area contributed by atoms with Crippen molar-refractivity contribution in [2.24, 2.45) is 5.73 Å². The van der Waals surface area contributed by atoms with Crippen molar-refractivity contribution >= 4 is 15.9 Å². The molecule has 1 heterocycles. The van der Waals surface area contributed by atoms with Gasteiger partial charge >= 0.3 is 0 Å². The maximum atomic E-state index is 5.87. The number of hydrogen-bond donors (Lipinski definition) is 1. The lowest BCUT2D eigenvalue weighted by Gasteiger charge is -2.01. The minimum absolute atomic E-state index is 0.294. The average molecular weight is 308 g/mol. The highest BCUT2D eigenvalue weighted by Gasteiger charge is 2.14. The fraction of sp³-hybridized carbons (Fsp3) is 0.231. The van der Waals surface area contributed by atoms with Gasteiger partial charge in [0.25, 0.3) is 0 Å². The molecule has 4 nitrogen and oxygen atoms in total. The molecule has 94 valence electrons. The van der Waals surface area contributed by atoms with Crippen LogP contribution in [0.5, 0.6) is 0 Å². The van der Waals surface area contributed by atoms with Gasteiger partial charge in [-0.15, -0.1) is 6.58 Å². The third kappa shape index (κ3) is 2.68. The van der Waals surface area contributed by atoms with Crippen molar-refractivity contribution in [1.29, 1.82) is 0 Å². The van der Waals surface area contributed by atoms with Crippen LogP contribution in [0.2, 0.25) is 0 Å². The quantitative estimate of drug-likeness (QED) is 0.879. The van der Waals surface area contributed by atoms with E-state index in [1.54, 1.807) is 6.08 Å². The van der Waals surface area contributed by atoms with Crippen molar-refractivity contribution in [2.45, 2.75) is 19.4 Å². The van der Waals surface area contributed by atoms with E-state index in [-0.39, 0.29) is 6.04 Å². The molecule has 0 aliphatic rings. The summed E-state index contributed by atoms with van der Waals surface area (Å²) in [4.78, 5) is 4.30. The van der Waals surface area contributed by atoms with Crippen LogP contribution < -0.4 is 5.73 Å². The third-order valence-corrected chi connectivity index (χ3v) is 3.46. The molecule has 0 amide bonds. The second-order valence-electron chi connectivity index (χ2n) is 4.05. The van der Waals surface area contributed by atoms with E-state index in [9.17, 15) is 0 Å². The van der Waals surface area contributed by atoms with Gasteiger partial charge in [0.15, 0.2) is 0 Å². The van der Waals surface area contributed by atoms with Gasteiger partial charge in [-0.3, -0.25) is 0 Å². The van der Waals surface area contributed by atoms with Crippen LogP contribution in [-0.2, 0) is 0 Å². The number of aryl methyl sites for hydroxylation is 1. The molecule has 1 aromatic heterocycles. The molecule has 0 saturated heterocycles. The van der Waals surface area contributed by atoms with Gasteiger partial charge in [-0.2, -0.15) is 4.98 Å². The number of aromatic nitrogens is 2. The van der Waals surface area contributed by atoms with Crippen molar-refractivity contribution in [1.82, 2.24) is 10.1 Å². The second-order valence-corrected chi connectivity index (χ2v) is 4.91. The van der Waals surface area contributed by atoms with Crippen LogP contribution in [0.1, 0.15) is 23.9 Å². The number of nitrogens with zero attached hydrogens (tertiary/aromatic N) is 2. The molecule has 0 radical (unpaired) electrons. The monoisotopic (exact) mass is 307 g/mol. The number of nitrogens with two attached hydrogens (primary N) is 1. The third-order valence-electron chi connectivity index (χ3n) is 2.61. The molecule has 0 aliphatic carbocycles. The van der Waals surface area contributed by atoms with E-state index in [4.69, 9.17) is 10.3 Å². The first kappa shape index (κ1) is 13.0. The van der Waals surface area contributed by atoms with Crippen LogP contribution in [-0.4, -0.2) is 10.1 Å². The van der Waals surface area contributed by atoms with Gasteiger partial charge in [-0.1, -0.05) is 39.3 Å². The lowest BCUT2D eigenvalue weighted by atomic mass is 10.1. The van der Waals surface area contributed by atoms with Gasteiger partial charge in [0.05, 0.1) is 6.04 Å². The van der Waals surface area contributed by atoms with Crippen molar-refractivity contribution in [3.8, 4) is 11.4 Å². The Kier molecular flexibility index (Phi) is 3.93. The van der Waals surface area contributed by atoms with E-state index in [1.165, 1.54) is 0 Å². The van der Waals surface area contributed by atoms with E-state index in [1.807, 2.05) is 25.1 Å². The largest absolute Gasteiger partial charge is 0.337 e. The Balaban J connectivity index is 2.28. The SMILES string of the molecule is C=CCC(N)c1nc(-c2ccc(C)c(Br)c2)no1. The molecular weight excluding hydrogens is 294 g/mol. The van der Waals surface area contributed by atoms with Gasteiger partial charge in [-0.25, -0.2) is 0 Å². The first-order valence-electron chi connectivity index (χ1n) is 5.58. The van der Waals surface area contributed by atoms with Gasteiger partial charge in [0, 0.05) is 10.0 Å². The van der Waals surface area contributed by atoms with E-state index in [0.29, 0.717) is 18.1 Å². The van der Waals surface area contributed by atoms with Crippen molar-refractivity contribution < 1.29 is 4.52 Å². The predicted octanol–water partition coefficient (Wildman–Crippen LogP) is 3.38. The lowest BCUT2D eigenvalue weighted by molar-refractivity contribution is 0.356. The fourth-order valence-corrected chi connectivity index (χ4v) is 1.89. The molecule has 18 heavy (non-hydrogen) atoms. The molecule has 0 fully saturated rings. The summed E-state index contributed by atoms with van der Waals surface area (Å²) >= 11 is 3.48. The summed E-state index contributed by atoms with van der Waals surface area (Å²) in [5.74, 6) is 0.979. The molecule has 2 aromatic rings. The summed E-state index contributed by atoms with van der Waals surface area (Å²) in [5.41, 5.74) is 7.93. The summed E-state index contributed by atoms with van der Waals surface area (Å²) in [6.45, 7) is 5.66. The highest BCUT2D eigenvalue weighted by molar-refractivity contribution is 9.10. The number of benzene rings is 1. The van der Waals surface area contributed by atoms with Crippen LogP contribution in [0, 0.1) is 6.92 Å². The first-order chi connectivity index (χ1) is 8.61. The summed E-state index contributed by atoms with van der Waals surface area (Å²) in [6.07, 6.45) is 2.34. The van der Waals surface area contributed by atoms with E-state index >= 15 is 0 Å². The van der Waals surface area contributed by atoms with Crippen molar-refractivity contribution in [3.63, 3.8) is 0 Å². The predicted molar refractivity (Wildman–Crippen MR) is 73.9 cm³/mol. The maximum Gasteiger partial charge on any atom is 0.244 e. The molecular formula is C13H14BrN3O. The van der Waals surface area contributed by atoms with Gasteiger partial charge in [0.2, 0.25) is 11.7 Å². The second kappa shape index (κ2) is 5.46. The molecule has 0 saturated carbocycles. The highest BCUT2D eigenvalue weighted by Crippen LogP contribution is 2.24. The molecule has 1 unspecified atom stereocenters. The molecule has 0 bridgehead atoms. The zero-order chi connectivity index (χ0) is 13.1. The molecule has 2 rings (SSSR count). The Morgan fingerprint density at radius 2 is 2.33 bits per heavy atom. The van der Waals surface area contributed by atoms with Gasteiger partial charge < -0.3 is 10.3 Å². The topological polar surface area (TPSA) is 64.9 Å². The van der Waals surface area contributed by atoms with Crippen LogP contribution in [0.3, 0.4) is 0 Å². The summed E-state index contributed by atoms with van der Waals surface area (Å²) in [7, 11) is 0. The standard InChI is InChI=1S/C13H14BrN3O/c1-3-4-11(15)13-16-12(17-18-13)9-6-5-8(2)10(14)7-9/h3,5-7,11H,1,4,15H2,2H3. The van der Waals surface area contributed by atoms with Gasteiger partial charge in [0.1, 0.15) is 0 Å². The van der Waals surface area contributed by atoms with Crippen molar-refractivity contribution in [3.05, 3.63) is 46.8 Å². The van der Waals surface area contributed by atoms with Crippen LogP contribution in [0.15, 0.2) is 39.8 Å². The minimum Gasteiger partial charge on any atom is -0.337 e. The van der Waals surface area contributed by atoms with E-state index in [2.05, 4.69) is 32.6 Å². The molecule has 5 heteroatoms. The number of hydrogen-bond acceptors (Lipinski definition) is 4. The molecule has 0 aliphatic heterocycles.